The molecular formula is C24H24N2O7S2. The molecule has 0 spiro atoms. The second kappa shape index (κ2) is 8.12. The molecule has 7 unspecified atom stereocenters. The molecule has 2 saturated carbocycles. The molecule has 2 aromatic rings. The number of amides is 2. The van der Waals surface area contributed by atoms with Gasteiger partial charge in [-0.2, -0.15) is 0 Å². The number of benzene rings is 1. The predicted molar refractivity (Wildman–Crippen MR) is 127 cm³/mol. The lowest BCUT2D eigenvalue weighted by atomic mass is 9.68. The van der Waals surface area contributed by atoms with Crippen LogP contribution in [0.5, 0.6) is 11.5 Å². The van der Waals surface area contributed by atoms with Crippen molar-refractivity contribution in [3.63, 3.8) is 0 Å². The lowest BCUT2D eigenvalue weighted by Gasteiger charge is -2.43. The van der Waals surface area contributed by atoms with Crippen LogP contribution in [0.4, 0.5) is 0 Å². The minimum absolute atomic E-state index is 0.00158. The molecule has 6 rings (SSSR count). The molecule has 35 heavy (non-hydrogen) atoms. The highest BCUT2D eigenvalue weighted by Gasteiger charge is 2.69. The van der Waals surface area contributed by atoms with E-state index in [0.717, 1.165) is 26.8 Å². The van der Waals surface area contributed by atoms with Crippen LogP contribution in [0.2, 0.25) is 0 Å². The number of thioether (sulfide) groups is 1. The number of esters is 1. The van der Waals surface area contributed by atoms with Crippen LogP contribution in [0.25, 0.3) is 0 Å². The Balaban J connectivity index is 1.43. The Bertz CT molecular complexity index is 1300. The second-order valence-electron chi connectivity index (χ2n) is 9.41. The van der Waals surface area contributed by atoms with Crippen LogP contribution < -0.4 is 14.3 Å². The molecule has 184 valence electrons. The average Bonchev–Trinajstić information content (AvgIpc) is 3.59. The molecule has 9 nitrogen and oxygen atoms in total. The van der Waals surface area contributed by atoms with Gasteiger partial charge >= 0.3 is 10.8 Å². The zero-order valence-electron chi connectivity index (χ0n) is 19.3. The molecule has 2 amide bonds. The number of H-pyrrole nitrogens is 1. The number of thiazole rings is 1. The number of imide groups is 1. The first-order valence-corrected chi connectivity index (χ1v) is 13.1. The van der Waals surface area contributed by atoms with E-state index < -0.39 is 17.8 Å². The van der Waals surface area contributed by atoms with Crippen molar-refractivity contribution in [2.75, 3.05) is 27.9 Å². The van der Waals surface area contributed by atoms with Crippen molar-refractivity contribution >= 4 is 40.9 Å². The summed E-state index contributed by atoms with van der Waals surface area (Å²) in [6.07, 6.45) is 0.782. The van der Waals surface area contributed by atoms with Crippen molar-refractivity contribution < 1.29 is 28.6 Å². The molecule has 11 heteroatoms. The van der Waals surface area contributed by atoms with Gasteiger partial charge in [0.1, 0.15) is 6.54 Å². The first kappa shape index (κ1) is 22.7. The van der Waals surface area contributed by atoms with Gasteiger partial charge in [0.05, 0.1) is 38.2 Å². The van der Waals surface area contributed by atoms with Crippen molar-refractivity contribution in [3.8, 4) is 11.5 Å². The Morgan fingerprint density at radius 3 is 2.46 bits per heavy atom. The molecule has 7 atom stereocenters. The van der Waals surface area contributed by atoms with E-state index in [1.54, 1.807) is 26.0 Å². The Kier molecular flexibility index (Phi) is 5.26. The van der Waals surface area contributed by atoms with E-state index in [-0.39, 0.29) is 52.2 Å². The highest BCUT2D eigenvalue weighted by Crippen LogP contribution is 2.68. The summed E-state index contributed by atoms with van der Waals surface area (Å²) in [5.74, 6) is -0.888. The van der Waals surface area contributed by atoms with E-state index in [0.29, 0.717) is 11.5 Å². The van der Waals surface area contributed by atoms with Gasteiger partial charge in [0.15, 0.2) is 11.5 Å². The van der Waals surface area contributed by atoms with Gasteiger partial charge in [-0.1, -0.05) is 17.4 Å². The number of carbonyl (C=O) groups excluding carboxylic acids is 3. The summed E-state index contributed by atoms with van der Waals surface area (Å²) < 4.78 is 15.7. The molecule has 4 aliphatic rings. The zero-order chi connectivity index (χ0) is 24.6. The first-order chi connectivity index (χ1) is 16.9. The summed E-state index contributed by atoms with van der Waals surface area (Å²) in [6, 6.07) is 5.79. The van der Waals surface area contributed by atoms with Crippen molar-refractivity contribution in [2.45, 2.75) is 22.6 Å². The zero-order valence-corrected chi connectivity index (χ0v) is 20.9. The maximum Gasteiger partial charge on any atom is 0.325 e. The van der Waals surface area contributed by atoms with Crippen LogP contribution in [0.3, 0.4) is 0 Å². The summed E-state index contributed by atoms with van der Waals surface area (Å²) in [7, 11) is 4.41. The fourth-order valence-electron chi connectivity index (χ4n) is 6.85. The number of aromatic nitrogens is 1. The monoisotopic (exact) mass is 516 g/mol. The molecule has 3 fully saturated rings. The predicted octanol–water partition coefficient (Wildman–Crippen LogP) is 2.10. The molecule has 1 N–H and O–H groups in total. The van der Waals surface area contributed by atoms with Gasteiger partial charge in [-0.05, 0) is 41.9 Å². The molecule has 0 radical (unpaired) electrons. The maximum atomic E-state index is 13.4. The molecule has 2 aliphatic heterocycles. The molecule has 1 saturated heterocycles. The number of hydrogen-bond acceptors (Lipinski definition) is 9. The first-order valence-electron chi connectivity index (χ1n) is 11.4. The molecular weight excluding hydrogens is 492 g/mol. The lowest BCUT2D eigenvalue weighted by molar-refractivity contribution is -0.151. The SMILES string of the molecule is COC(=O)CN1C(=O)C2C3CC(C2C1=O)C1C(c2ccc(OC)c(OC)c2)c2sc(=O)[nH]c2SC31. The number of rotatable bonds is 5. The van der Waals surface area contributed by atoms with Crippen LogP contribution in [-0.4, -0.2) is 60.8 Å². The highest BCUT2D eigenvalue weighted by molar-refractivity contribution is 8.00. The van der Waals surface area contributed by atoms with Gasteiger partial charge in [-0.25, -0.2) is 0 Å². The number of fused-ring (bicyclic) bond motifs is 9. The van der Waals surface area contributed by atoms with Gasteiger partial charge in [-0.3, -0.25) is 24.1 Å². The third kappa shape index (κ3) is 3.13. The number of ether oxygens (including phenoxy) is 3. The number of likely N-dealkylation sites (tertiary alicyclic amines) is 1. The number of methoxy groups -OCH3 is 3. The standard InChI is InChI=1S/C24H24N2O7S2/c1-31-12-5-4-9(6-13(12)32-2)15-16-10-7-11(19(16)34-21-20(15)35-24(30)25-21)18-17(10)22(28)26(23(18)29)8-14(27)33-3/h4-6,10-11,15-19H,7-8H2,1-3H3,(H,25,30). The number of nitrogens with one attached hydrogen (secondary N) is 1. The van der Waals surface area contributed by atoms with Crippen molar-refractivity contribution in [1.82, 2.24) is 9.88 Å². The van der Waals surface area contributed by atoms with Crippen LogP contribution in [0.1, 0.15) is 22.8 Å². The number of aromatic amines is 1. The minimum Gasteiger partial charge on any atom is -0.493 e. The van der Waals surface area contributed by atoms with E-state index in [2.05, 4.69) is 4.98 Å². The smallest absolute Gasteiger partial charge is 0.325 e. The number of carbonyl (C=O) groups is 3. The lowest BCUT2D eigenvalue weighted by Crippen LogP contribution is -2.42. The Hall–Kier alpha value is -2.79. The maximum absolute atomic E-state index is 13.4. The van der Waals surface area contributed by atoms with Crippen LogP contribution >= 0.6 is 23.1 Å². The van der Waals surface area contributed by atoms with E-state index in [4.69, 9.17) is 14.2 Å². The van der Waals surface area contributed by atoms with Crippen LogP contribution in [-0.2, 0) is 19.1 Å². The molecule has 2 bridgehead atoms. The number of nitrogens with zero attached hydrogens (tertiary/aromatic N) is 1. The second-order valence-corrected chi connectivity index (χ2v) is 11.6. The van der Waals surface area contributed by atoms with Gasteiger partial charge in [0, 0.05) is 16.0 Å². The van der Waals surface area contributed by atoms with Gasteiger partial charge in [-0.15, -0.1) is 11.8 Å². The van der Waals surface area contributed by atoms with Crippen molar-refractivity contribution in [1.29, 1.82) is 0 Å². The molecule has 3 heterocycles. The largest absolute Gasteiger partial charge is 0.493 e. The Labute approximate surface area is 209 Å². The van der Waals surface area contributed by atoms with Crippen LogP contribution in [0, 0.1) is 29.6 Å². The van der Waals surface area contributed by atoms with Crippen LogP contribution in [0.15, 0.2) is 28.0 Å². The average molecular weight is 517 g/mol. The molecule has 1 aromatic heterocycles. The van der Waals surface area contributed by atoms with E-state index in [1.807, 2.05) is 18.2 Å². The van der Waals surface area contributed by atoms with Gasteiger partial charge in [0.2, 0.25) is 11.8 Å². The van der Waals surface area contributed by atoms with Gasteiger partial charge < -0.3 is 19.2 Å². The highest BCUT2D eigenvalue weighted by atomic mass is 32.2. The van der Waals surface area contributed by atoms with E-state index >= 15 is 0 Å². The van der Waals surface area contributed by atoms with Crippen molar-refractivity contribution in [3.05, 3.63) is 38.3 Å². The topological polar surface area (TPSA) is 115 Å². The fourth-order valence-corrected chi connectivity index (χ4v) is 9.74. The Morgan fingerprint density at radius 2 is 1.77 bits per heavy atom. The summed E-state index contributed by atoms with van der Waals surface area (Å²) in [6.45, 7) is -0.344. The fraction of sp³-hybridized carbons (Fsp3) is 0.500. The molecule has 2 aliphatic carbocycles. The minimum atomic E-state index is -0.603. The number of hydrogen-bond donors (Lipinski definition) is 1. The normalized spacial score (nSPS) is 32.3. The van der Waals surface area contributed by atoms with Crippen molar-refractivity contribution in [2.24, 2.45) is 29.6 Å². The summed E-state index contributed by atoms with van der Waals surface area (Å²) in [5.41, 5.74) is 0.988. The Morgan fingerprint density at radius 1 is 1.06 bits per heavy atom. The summed E-state index contributed by atoms with van der Waals surface area (Å²) in [5, 5.41) is 0.917. The quantitative estimate of drug-likeness (QED) is 0.475. The summed E-state index contributed by atoms with van der Waals surface area (Å²) >= 11 is 2.83. The van der Waals surface area contributed by atoms with E-state index in [1.165, 1.54) is 18.4 Å². The van der Waals surface area contributed by atoms with E-state index in [9.17, 15) is 19.2 Å². The third-order valence-corrected chi connectivity index (χ3v) is 10.7. The van der Waals surface area contributed by atoms with Gasteiger partial charge in [0.25, 0.3) is 0 Å². The molecule has 1 aromatic carbocycles. The summed E-state index contributed by atoms with van der Waals surface area (Å²) in [4.78, 5) is 55.8. The third-order valence-electron chi connectivity index (χ3n) is 8.10.